The molecule has 0 unspecified atom stereocenters. The van der Waals surface area contributed by atoms with Gasteiger partial charge in [-0.05, 0) is 24.3 Å². The van der Waals surface area contributed by atoms with Crippen LogP contribution in [0.3, 0.4) is 0 Å². The SMILES string of the molecule is CC1(CNC(=O)c2csc(C#CCN)c2)CCCCC1. The molecule has 0 spiro atoms. The fourth-order valence-electron chi connectivity index (χ4n) is 2.64. The van der Waals surface area contributed by atoms with Crippen LogP contribution in [0.5, 0.6) is 0 Å². The van der Waals surface area contributed by atoms with Gasteiger partial charge in [-0.1, -0.05) is 38.0 Å². The van der Waals surface area contributed by atoms with Crippen LogP contribution in [-0.2, 0) is 0 Å². The van der Waals surface area contributed by atoms with Crippen LogP contribution in [0.4, 0.5) is 0 Å². The summed E-state index contributed by atoms with van der Waals surface area (Å²) in [4.78, 5) is 13.0. The summed E-state index contributed by atoms with van der Waals surface area (Å²) < 4.78 is 0. The monoisotopic (exact) mass is 290 g/mol. The summed E-state index contributed by atoms with van der Waals surface area (Å²) in [5.74, 6) is 5.77. The highest BCUT2D eigenvalue weighted by Gasteiger charge is 2.27. The molecule has 0 saturated heterocycles. The Balaban J connectivity index is 1.89. The first-order chi connectivity index (χ1) is 9.63. The van der Waals surface area contributed by atoms with Crippen LogP contribution >= 0.6 is 11.3 Å². The van der Waals surface area contributed by atoms with Gasteiger partial charge in [-0.25, -0.2) is 0 Å². The Hall–Kier alpha value is -1.31. The maximum absolute atomic E-state index is 12.1. The minimum Gasteiger partial charge on any atom is -0.351 e. The molecular weight excluding hydrogens is 268 g/mol. The van der Waals surface area contributed by atoms with E-state index in [1.165, 1.54) is 43.4 Å². The highest BCUT2D eigenvalue weighted by Crippen LogP contribution is 2.34. The van der Waals surface area contributed by atoms with Gasteiger partial charge >= 0.3 is 0 Å². The molecule has 1 aromatic heterocycles. The second-order valence-electron chi connectivity index (χ2n) is 5.76. The summed E-state index contributed by atoms with van der Waals surface area (Å²) in [5.41, 5.74) is 6.31. The molecule has 1 aromatic rings. The van der Waals surface area contributed by atoms with Gasteiger partial charge in [-0.15, -0.1) is 11.3 Å². The second-order valence-corrected chi connectivity index (χ2v) is 6.67. The maximum Gasteiger partial charge on any atom is 0.252 e. The number of nitrogens with one attached hydrogen (secondary N) is 1. The third kappa shape index (κ3) is 4.09. The number of hydrogen-bond donors (Lipinski definition) is 2. The van der Waals surface area contributed by atoms with Gasteiger partial charge < -0.3 is 11.1 Å². The van der Waals surface area contributed by atoms with Gasteiger partial charge in [0.1, 0.15) is 0 Å². The van der Waals surface area contributed by atoms with Gasteiger partial charge in [0.25, 0.3) is 5.91 Å². The van der Waals surface area contributed by atoms with E-state index in [0.29, 0.717) is 12.1 Å². The van der Waals surface area contributed by atoms with Crippen LogP contribution in [-0.4, -0.2) is 19.0 Å². The van der Waals surface area contributed by atoms with Crippen molar-refractivity contribution in [1.29, 1.82) is 0 Å². The molecule has 3 N–H and O–H groups in total. The third-order valence-electron chi connectivity index (χ3n) is 3.91. The number of nitrogens with two attached hydrogens (primary N) is 1. The van der Waals surface area contributed by atoms with Gasteiger partial charge in [0.15, 0.2) is 0 Å². The van der Waals surface area contributed by atoms with Gasteiger partial charge in [0, 0.05) is 11.9 Å². The van der Waals surface area contributed by atoms with Gasteiger partial charge in [-0.2, -0.15) is 0 Å². The molecule has 20 heavy (non-hydrogen) atoms. The van der Waals surface area contributed by atoms with Crippen molar-refractivity contribution >= 4 is 17.2 Å². The largest absolute Gasteiger partial charge is 0.351 e. The average molecular weight is 290 g/mol. The molecule has 1 aliphatic rings. The summed E-state index contributed by atoms with van der Waals surface area (Å²) in [6.07, 6.45) is 6.32. The molecular formula is C16H22N2OS. The van der Waals surface area contributed by atoms with Crippen molar-refractivity contribution in [2.45, 2.75) is 39.0 Å². The normalized spacial score (nSPS) is 17.1. The van der Waals surface area contributed by atoms with Gasteiger partial charge in [-0.3, -0.25) is 4.79 Å². The summed E-state index contributed by atoms with van der Waals surface area (Å²) in [6, 6.07) is 1.84. The molecule has 1 aliphatic carbocycles. The van der Waals surface area contributed by atoms with Crippen molar-refractivity contribution in [3.63, 3.8) is 0 Å². The Morgan fingerprint density at radius 1 is 1.45 bits per heavy atom. The van der Waals surface area contributed by atoms with Crippen LogP contribution in [0.25, 0.3) is 0 Å². The first kappa shape index (κ1) is 15.1. The van der Waals surface area contributed by atoms with E-state index >= 15 is 0 Å². The minimum absolute atomic E-state index is 0.00819. The number of hydrogen-bond acceptors (Lipinski definition) is 3. The van der Waals surface area contributed by atoms with Crippen molar-refractivity contribution in [3.05, 3.63) is 21.9 Å². The van der Waals surface area contributed by atoms with E-state index in [1.54, 1.807) is 0 Å². The first-order valence-corrected chi connectivity index (χ1v) is 8.07. The Morgan fingerprint density at radius 3 is 2.90 bits per heavy atom. The summed E-state index contributed by atoms with van der Waals surface area (Å²) in [6.45, 7) is 3.39. The first-order valence-electron chi connectivity index (χ1n) is 7.19. The molecule has 0 bridgehead atoms. The summed E-state index contributed by atoms with van der Waals surface area (Å²) >= 11 is 1.49. The molecule has 108 valence electrons. The predicted octanol–water partition coefficient (Wildman–Crippen LogP) is 2.76. The summed E-state index contributed by atoms with van der Waals surface area (Å²) in [5, 5.41) is 4.93. The topological polar surface area (TPSA) is 55.1 Å². The van der Waals surface area contributed by atoms with Gasteiger partial charge in [0.05, 0.1) is 17.0 Å². The van der Waals surface area contributed by atoms with E-state index in [-0.39, 0.29) is 11.3 Å². The van der Waals surface area contributed by atoms with E-state index in [0.717, 1.165) is 11.4 Å². The molecule has 1 heterocycles. The smallest absolute Gasteiger partial charge is 0.252 e. The van der Waals surface area contributed by atoms with Crippen molar-refractivity contribution in [3.8, 4) is 11.8 Å². The third-order valence-corrected chi connectivity index (χ3v) is 4.76. The quantitative estimate of drug-likeness (QED) is 0.841. The van der Waals surface area contributed by atoms with E-state index in [2.05, 4.69) is 24.1 Å². The van der Waals surface area contributed by atoms with Crippen molar-refractivity contribution in [2.24, 2.45) is 11.1 Å². The van der Waals surface area contributed by atoms with E-state index in [1.807, 2.05) is 11.4 Å². The van der Waals surface area contributed by atoms with Crippen molar-refractivity contribution in [1.82, 2.24) is 5.32 Å². The van der Waals surface area contributed by atoms with Crippen LogP contribution in [0.1, 0.15) is 54.3 Å². The van der Waals surface area contributed by atoms with E-state index < -0.39 is 0 Å². The Kier molecular flexibility index (Phi) is 5.22. The van der Waals surface area contributed by atoms with Crippen molar-refractivity contribution < 1.29 is 4.79 Å². The van der Waals surface area contributed by atoms with Crippen LogP contribution in [0.15, 0.2) is 11.4 Å². The van der Waals surface area contributed by atoms with E-state index in [9.17, 15) is 4.79 Å². The van der Waals surface area contributed by atoms with Crippen LogP contribution < -0.4 is 11.1 Å². The van der Waals surface area contributed by atoms with Crippen LogP contribution in [0.2, 0.25) is 0 Å². The number of carbonyl (C=O) groups excluding carboxylic acids is 1. The lowest BCUT2D eigenvalue weighted by molar-refractivity contribution is 0.0919. The standard InChI is InChI=1S/C16H22N2OS/c1-16(7-3-2-4-8-16)12-18-15(19)13-10-14(20-11-13)6-5-9-17/h10-11H,2-4,7-9,12,17H2,1H3,(H,18,19). The number of amides is 1. The molecule has 2 rings (SSSR count). The van der Waals surface area contributed by atoms with Crippen LogP contribution in [0, 0.1) is 17.3 Å². The molecule has 0 atom stereocenters. The van der Waals surface area contributed by atoms with E-state index in [4.69, 9.17) is 5.73 Å². The molecule has 1 amide bonds. The molecule has 0 aliphatic heterocycles. The lowest BCUT2D eigenvalue weighted by atomic mass is 9.76. The lowest BCUT2D eigenvalue weighted by Crippen LogP contribution is -2.36. The highest BCUT2D eigenvalue weighted by atomic mass is 32.1. The maximum atomic E-state index is 12.1. The minimum atomic E-state index is 0.00819. The molecule has 4 heteroatoms. The Labute approximate surface area is 124 Å². The Bertz CT molecular complexity index is 518. The Morgan fingerprint density at radius 2 is 2.20 bits per heavy atom. The molecule has 3 nitrogen and oxygen atoms in total. The average Bonchev–Trinajstić information content (AvgIpc) is 2.92. The highest BCUT2D eigenvalue weighted by molar-refractivity contribution is 7.10. The zero-order valence-corrected chi connectivity index (χ0v) is 12.8. The molecule has 0 aromatic carbocycles. The summed E-state index contributed by atoms with van der Waals surface area (Å²) in [7, 11) is 0. The zero-order valence-electron chi connectivity index (χ0n) is 12.0. The fourth-order valence-corrected chi connectivity index (χ4v) is 3.39. The predicted molar refractivity (Wildman–Crippen MR) is 83.8 cm³/mol. The van der Waals surface area contributed by atoms with Gasteiger partial charge in [0.2, 0.25) is 0 Å². The number of carbonyl (C=O) groups is 1. The zero-order chi connectivity index (χ0) is 14.4. The number of thiophene rings is 1. The lowest BCUT2D eigenvalue weighted by Gasteiger charge is -2.33. The molecule has 1 saturated carbocycles. The fraction of sp³-hybridized carbons (Fsp3) is 0.562. The van der Waals surface area contributed by atoms with Crippen molar-refractivity contribution in [2.75, 3.05) is 13.1 Å². The molecule has 0 radical (unpaired) electrons. The number of rotatable bonds is 3. The second kappa shape index (κ2) is 6.92. The molecule has 1 fully saturated rings.